The molecule has 1 aromatic carbocycles. The maximum absolute atomic E-state index is 6.02. The summed E-state index contributed by atoms with van der Waals surface area (Å²) in [6.45, 7) is 8.00. The van der Waals surface area contributed by atoms with Crippen molar-refractivity contribution in [3.8, 4) is 0 Å². The van der Waals surface area contributed by atoms with Crippen molar-refractivity contribution in [1.82, 2.24) is 15.1 Å². The lowest BCUT2D eigenvalue weighted by molar-refractivity contribution is 0.504. The molecule has 0 radical (unpaired) electrons. The van der Waals surface area contributed by atoms with Gasteiger partial charge in [0.2, 0.25) is 0 Å². The summed E-state index contributed by atoms with van der Waals surface area (Å²) in [4.78, 5) is 0. The minimum absolute atomic E-state index is 0.201. The molecule has 0 saturated carbocycles. The molecule has 19 heavy (non-hydrogen) atoms. The van der Waals surface area contributed by atoms with Crippen molar-refractivity contribution < 1.29 is 0 Å². The standard InChI is InChI=1S/C15H22ClN3/c1-4-19-15-8-6-5-7-13(15)14(18-19)10-17-12(3)9-11(2)16/h5-8,11-12,17H,4,9-10H2,1-3H3. The van der Waals surface area contributed by atoms with Gasteiger partial charge in [0.1, 0.15) is 0 Å². The molecule has 0 aliphatic carbocycles. The van der Waals surface area contributed by atoms with Crippen LogP contribution in [0, 0.1) is 0 Å². The summed E-state index contributed by atoms with van der Waals surface area (Å²) in [6.07, 6.45) is 0.966. The van der Waals surface area contributed by atoms with Crippen LogP contribution in [-0.4, -0.2) is 21.2 Å². The number of halogens is 1. The molecule has 4 heteroatoms. The van der Waals surface area contributed by atoms with E-state index in [0.717, 1.165) is 25.2 Å². The van der Waals surface area contributed by atoms with Crippen LogP contribution in [-0.2, 0) is 13.1 Å². The first kappa shape index (κ1) is 14.4. The van der Waals surface area contributed by atoms with E-state index in [9.17, 15) is 0 Å². The molecule has 104 valence electrons. The fourth-order valence-corrected chi connectivity index (χ4v) is 2.68. The van der Waals surface area contributed by atoms with Crippen molar-refractivity contribution >= 4 is 22.5 Å². The van der Waals surface area contributed by atoms with E-state index in [4.69, 9.17) is 11.6 Å². The molecular formula is C15H22ClN3. The van der Waals surface area contributed by atoms with Crippen LogP contribution in [0.15, 0.2) is 24.3 Å². The van der Waals surface area contributed by atoms with Crippen LogP contribution in [0.2, 0.25) is 0 Å². The summed E-state index contributed by atoms with van der Waals surface area (Å²) in [5.74, 6) is 0. The maximum Gasteiger partial charge on any atom is 0.0841 e. The molecular weight excluding hydrogens is 258 g/mol. The Bertz CT molecular complexity index is 533. The number of aryl methyl sites for hydroxylation is 1. The van der Waals surface area contributed by atoms with E-state index in [1.807, 2.05) is 6.92 Å². The van der Waals surface area contributed by atoms with Gasteiger partial charge in [-0.3, -0.25) is 4.68 Å². The first-order chi connectivity index (χ1) is 9.11. The number of nitrogens with one attached hydrogen (secondary N) is 1. The normalized spacial score (nSPS) is 14.7. The molecule has 0 saturated heterocycles. The Morgan fingerprint density at radius 2 is 2.05 bits per heavy atom. The lowest BCUT2D eigenvalue weighted by Crippen LogP contribution is -2.27. The number of hydrogen-bond acceptors (Lipinski definition) is 2. The van der Waals surface area contributed by atoms with Gasteiger partial charge >= 0.3 is 0 Å². The van der Waals surface area contributed by atoms with Gasteiger partial charge in [-0.2, -0.15) is 5.10 Å². The molecule has 0 bridgehead atoms. The van der Waals surface area contributed by atoms with Gasteiger partial charge in [0.15, 0.2) is 0 Å². The number of para-hydroxylation sites is 1. The van der Waals surface area contributed by atoms with Crippen LogP contribution < -0.4 is 5.32 Å². The Morgan fingerprint density at radius 1 is 1.32 bits per heavy atom. The molecule has 0 spiro atoms. The van der Waals surface area contributed by atoms with E-state index in [0.29, 0.717) is 6.04 Å². The minimum atomic E-state index is 0.201. The smallest absolute Gasteiger partial charge is 0.0841 e. The van der Waals surface area contributed by atoms with Gasteiger partial charge in [-0.1, -0.05) is 18.2 Å². The van der Waals surface area contributed by atoms with Crippen molar-refractivity contribution in [3.63, 3.8) is 0 Å². The van der Waals surface area contributed by atoms with Crippen molar-refractivity contribution in [2.45, 2.75) is 51.7 Å². The molecule has 2 rings (SSSR count). The zero-order chi connectivity index (χ0) is 13.8. The molecule has 0 amide bonds. The molecule has 2 atom stereocenters. The van der Waals surface area contributed by atoms with Crippen LogP contribution in [0.1, 0.15) is 32.9 Å². The Hall–Kier alpha value is -1.06. The third-order valence-electron chi connectivity index (χ3n) is 3.33. The van der Waals surface area contributed by atoms with E-state index < -0.39 is 0 Å². The largest absolute Gasteiger partial charge is 0.309 e. The van der Waals surface area contributed by atoms with E-state index in [1.165, 1.54) is 10.9 Å². The predicted octanol–water partition coefficient (Wildman–Crippen LogP) is 3.55. The Morgan fingerprint density at radius 3 is 2.74 bits per heavy atom. The highest BCUT2D eigenvalue weighted by molar-refractivity contribution is 6.20. The van der Waals surface area contributed by atoms with E-state index in [-0.39, 0.29) is 5.38 Å². The first-order valence-electron chi connectivity index (χ1n) is 6.93. The second-order valence-corrected chi connectivity index (χ2v) is 5.82. The highest BCUT2D eigenvalue weighted by atomic mass is 35.5. The van der Waals surface area contributed by atoms with Gasteiger partial charge in [-0.25, -0.2) is 0 Å². The molecule has 0 fully saturated rings. The molecule has 1 heterocycles. The predicted molar refractivity (Wildman–Crippen MR) is 81.6 cm³/mol. The van der Waals surface area contributed by atoms with Crippen molar-refractivity contribution in [3.05, 3.63) is 30.0 Å². The van der Waals surface area contributed by atoms with Gasteiger partial charge < -0.3 is 5.32 Å². The number of hydrogen-bond donors (Lipinski definition) is 1. The Kier molecular flexibility index (Phi) is 4.83. The van der Waals surface area contributed by atoms with Crippen LogP contribution >= 0.6 is 11.6 Å². The van der Waals surface area contributed by atoms with Gasteiger partial charge in [-0.15, -0.1) is 11.6 Å². The van der Waals surface area contributed by atoms with Crippen LogP contribution in [0.25, 0.3) is 10.9 Å². The van der Waals surface area contributed by atoms with Crippen molar-refractivity contribution in [2.75, 3.05) is 0 Å². The van der Waals surface area contributed by atoms with Gasteiger partial charge in [0, 0.05) is 29.9 Å². The molecule has 0 aliphatic heterocycles. The fourth-order valence-electron chi connectivity index (χ4n) is 2.41. The second-order valence-electron chi connectivity index (χ2n) is 5.08. The molecule has 2 unspecified atom stereocenters. The van der Waals surface area contributed by atoms with E-state index >= 15 is 0 Å². The summed E-state index contributed by atoms with van der Waals surface area (Å²) >= 11 is 6.02. The third kappa shape index (κ3) is 3.48. The topological polar surface area (TPSA) is 29.9 Å². The summed E-state index contributed by atoms with van der Waals surface area (Å²) in [5, 5.41) is 9.62. The van der Waals surface area contributed by atoms with E-state index in [2.05, 4.69) is 53.2 Å². The summed E-state index contributed by atoms with van der Waals surface area (Å²) in [7, 11) is 0. The van der Waals surface area contributed by atoms with E-state index in [1.54, 1.807) is 0 Å². The Labute approximate surface area is 119 Å². The zero-order valence-electron chi connectivity index (χ0n) is 11.9. The van der Waals surface area contributed by atoms with Crippen LogP contribution in [0.3, 0.4) is 0 Å². The van der Waals surface area contributed by atoms with Gasteiger partial charge in [0.05, 0.1) is 11.2 Å². The molecule has 1 aromatic heterocycles. The number of alkyl halides is 1. The molecule has 0 aliphatic rings. The minimum Gasteiger partial charge on any atom is -0.309 e. The first-order valence-corrected chi connectivity index (χ1v) is 7.37. The molecule has 3 nitrogen and oxygen atoms in total. The molecule has 1 N–H and O–H groups in total. The Balaban J connectivity index is 2.12. The summed E-state index contributed by atoms with van der Waals surface area (Å²) in [5.41, 5.74) is 2.33. The summed E-state index contributed by atoms with van der Waals surface area (Å²) in [6, 6.07) is 8.79. The monoisotopic (exact) mass is 279 g/mol. The average molecular weight is 280 g/mol. The summed E-state index contributed by atoms with van der Waals surface area (Å²) < 4.78 is 2.06. The molecule has 2 aromatic rings. The number of aromatic nitrogens is 2. The number of rotatable bonds is 6. The lowest BCUT2D eigenvalue weighted by atomic mass is 10.1. The fraction of sp³-hybridized carbons (Fsp3) is 0.533. The highest BCUT2D eigenvalue weighted by Crippen LogP contribution is 2.18. The van der Waals surface area contributed by atoms with Crippen molar-refractivity contribution in [2.24, 2.45) is 0 Å². The SMILES string of the molecule is CCn1nc(CNC(C)CC(C)Cl)c2ccccc21. The number of benzene rings is 1. The lowest BCUT2D eigenvalue weighted by Gasteiger charge is -2.14. The third-order valence-corrected chi connectivity index (χ3v) is 3.51. The average Bonchev–Trinajstić information content (AvgIpc) is 2.74. The number of nitrogens with zero attached hydrogens (tertiary/aromatic N) is 2. The van der Waals surface area contributed by atoms with Crippen molar-refractivity contribution in [1.29, 1.82) is 0 Å². The quantitative estimate of drug-likeness (QED) is 0.820. The maximum atomic E-state index is 6.02. The van der Waals surface area contributed by atoms with Gasteiger partial charge in [-0.05, 0) is 33.3 Å². The number of fused-ring (bicyclic) bond motifs is 1. The second kappa shape index (κ2) is 6.40. The zero-order valence-corrected chi connectivity index (χ0v) is 12.6. The highest BCUT2D eigenvalue weighted by Gasteiger charge is 2.11. The van der Waals surface area contributed by atoms with Crippen LogP contribution in [0.5, 0.6) is 0 Å². The van der Waals surface area contributed by atoms with Gasteiger partial charge in [0.25, 0.3) is 0 Å². The van der Waals surface area contributed by atoms with Crippen LogP contribution in [0.4, 0.5) is 0 Å².